The molecule has 0 aliphatic heterocycles. The van der Waals surface area contributed by atoms with Crippen LogP contribution in [0.25, 0.3) is 0 Å². The summed E-state index contributed by atoms with van der Waals surface area (Å²) in [6.45, 7) is 0.614. The number of carbonyl (C=O) groups excluding carboxylic acids is 2. The number of aliphatic hydroxyl groups is 1. The van der Waals surface area contributed by atoms with E-state index in [9.17, 15) is 41.0 Å². The fraction of sp³-hybridized carbons (Fsp3) is 0.467. The molecule has 0 spiro atoms. The number of aliphatic imine (C=N–C) groups is 1. The fourth-order valence-corrected chi connectivity index (χ4v) is 1.76. The third-order valence-corrected chi connectivity index (χ3v) is 3.37. The number of aromatic nitrogens is 1. The zero-order chi connectivity index (χ0) is 21.9. The van der Waals surface area contributed by atoms with Crippen molar-refractivity contribution in [3.05, 3.63) is 23.0 Å². The number of nitrogens with zero attached hydrogens (tertiary/aromatic N) is 2. The van der Waals surface area contributed by atoms with E-state index in [1.807, 2.05) is 0 Å². The maximum atomic E-state index is 13.1. The van der Waals surface area contributed by atoms with E-state index in [1.165, 1.54) is 0 Å². The molecule has 0 fully saturated rings. The smallest absolute Gasteiger partial charge is 0.397 e. The molecule has 0 radical (unpaired) electrons. The third-order valence-electron chi connectivity index (χ3n) is 3.37. The maximum Gasteiger partial charge on any atom is 0.418 e. The molecule has 1 unspecified atom stereocenters. The Morgan fingerprint density at radius 3 is 2.29 bits per heavy atom. The van der Waals surface area contributed by atoms with Gasteiger partial charge in [0, 0.05) is 6.21 Å². The molecule has 0 aromatic carbocycles. The van der Waals surface area contributed by atoms with E-state index in [0.29, 0.717) is 6.92 Å². The van der Waals surface area contributed by atoms with Crippen molar-refractivity contribution in [3.63, 3.8) is 0 Å². The largest absolute Gasteiger partial charge is 0.418 e. The Hall–Kier alpha value is -2.70. The minimum Gasteiger partial charge on any atom is -0.397 e. The highest BCUT2D eigenvalue weighted by Crippen LogP contribution is 2.34. The van der Waals surface area contributed by atoms with Crippen LogP contribution in [0.5, 0.6) is 0 Å². The van der Waals surface area contributed by atoms with Gasteiger partial charge in [-0.3, -0.25) is 9.59 Å². The van der Waals surface area contributed by atoms with Gasteiger partial charge in [-0.15, -0.1) is 0 Å². The first-order valence-corrected chi connectivity index (χ1v) is 7.63. The van der Waals surface area contributed by atoms with Gasteiger partial charge >= 0.3 is 12.4 Å². The van der Waals surface area contributed by atoms with Crippen LogP contribution in [0, 0.1) is 0 Å². The molecular weight excluding hydrogens is 398 g/mol. The molecule has 0 aliphatic carbocycles. The lowest BCUT2D eigenvalue weighted by molar-refractivity contribution is -0.249. The van der Waals surface area contributed by atoms with Crippen molar-refractivity contribution in [2.45, 2.75) is 38.2 Å². The molecule has 156 valence electrons. The van der Waals surface area contributed by atoms with Crippen LogP contribution in [-0.4, -0.2) is 46.4 Å². The quantitative estimate of drug-likeness (QED) is 0.505. The van der Waals surface area contributed by atoms with Crippen LogP contribution in [0.2, 0.25) is 0 Å². The summed E-state index contributed by atoms with van der Waals surface area (Å²) in [4.78, 5) is 30.4. The number of rotatable bonds is 5. The second-order valence-electron chi connectivity index (χ2n) is 5.80. The molecule has 0 saturated heterocycles. The molecule has 13 heteroatoms. The molecular formula is C15H16F6N4O3. The number of pyridine rings is 1. The lowest BCUT2D eigenvalue weighted by atomic mass is 10.1. The molecule has 1 atom stereocenters. The second-order valence-corrected chi connectivity index (χ2v) is 5.80. The number of hydrogen-bond donors (Lipinski definition) is 3. The van der Waals surface area contributed by atoms with Gasteiger partial charge in [-0.25, -0.2) is 9.98 Å². The van der Waals surface area contributed by atoms with Crippen LogP contribution in [0.3, 0.4) is 0 Å². The number of amides is 2. The zero-order valence-corrected chi connectivity index (χ0v) is 14.6. The highest BCUT2D eigenvalue weighted by atomic mass is 19.4. The van der Waals surface area contributed by atoms with E-state index < -0.39 is 59.0 Å². The molecule has 1 heterocycles. The molecule has 2 amide bonds. The first-order chi connectivity index (χ1) is 12.6. The molecule has 4 N–H and O–H groups in total. The van der Waals surface area contributed by atoms with Crippen LogP contribution in [-0.2, 0) is 6.18 Å². The number of anilines is 1. The summed E-state index contributed by atoms with van der Waals surface area (Å²) in [6.07, 6.45) is -8.90. The number of halogens is 6. The van der Waals surface area contributed by atoms with Crippen LogP contribution in [0.1, 0.15) is 46.8 Å². The summed E-state index contributed by atoms with van der Waals surface area (Å²) in [5.41, 5.74) is -2.49. The van der Waals surface area contributed by atoms with Crippen molar-refractivity contribution in [3.8, 4) is 0 Å². The predicted octanol–water partition coefficient (Wildman–Crippen LogP) is 2.35. The van der Waals surface area contributed by atoms with Gasteiger partial charge in [0.15, 0.2) is 11.3 Å². The van der Waals surface area contributed by atoms with Gasteiger partial charge in [0.05, 0.1) is 17.8 Å². The van der Waals surface area contributed by atoms with Crippen molar-refractivity contribution in [1.29, 1.82) is 0 Å². The third kappa shape index (κ3) is 5.41. The summed E-state index contributed by atoms with van der Waals surface area (Å²) in [6, 6.07) is 0.262. The molecule has 7 nitrogen and oxygen atoms in total. The Bertz CT molecular complexity index is 787. The van der Waals surface area contributed by atoms with E-state index in [-0.39, 0.29) is 12.5 Å². The van der Waals surface area contributed by atoms with E-state index in [4.69, 9.17) is 5.73 Å². The average Bonchev–Trinajstić information content (AvgIpc) is 2.55. The van der Waals surface area contributed by atoms with E-state index in [0.717, 1.165) is 6.21 Å². The fourth-order valence-electron chi connectivity index (χ4n) is 1.76. The normalized spacial score (nSPS) is 14.8. The molecule has 0 saturated carbocycles. The van der Waals surface area contributed by atoms with Crippen molar-refractivity contribution >= 4 is 23.7 Å². The predicted molar refractivity (Wildman–Crippen MR) is 85.8 cm³/mol. The summed E-state index contributed by atoms with van der Waals surface area (Å²) < 4.78 is 77.2. The topological polar surface area (TPSA) is 118 Å². The van der Waals surface area contributed by atoms with E-state index in [2.05, 4.69) is 9.98 Å². The van der Waals surface area contributed by atoms with Crippen molar-refractivity contribution in [2.75, 3.05) is 12.3 Å². The Balaban J connectivity index is 3.32. The number of carbonyl (C=O) groups is 2. The van der Waals surface area contributed by atoms with Crippen LogP contribution < -0.4 is 11.1 Å². The summed E-state index contributed by atoms with van der Waals surface area (Å²) in [5, 5.41) is 11.0. The average molecular weight is 414 g/mol. The van der Waals surface area contributed by atoms with Crippen LogP contribution in [0.4, 0.5) is 32.0 Å². The minimum atomic E-state index is -5.09. The summed E-state index contributed by atoms with van der Waals surface area (Å²) in [7, 11) is 0. The Kier molecular flexibility index (Phi) is 6.77. The first kappa shape index (κ1) is 23.3. The van der Waals surface area contributed by atoms with E-state index in [1.54, 1.807) is 12.2 Å². The van der Waals surface area contributed by atoms with Gasteiger partial charge in [-0.2, -0.15) is 26.3 Å². The molecule has 1 rings (SSSR count). The highest BCUT2D eigenvalue weighted by molar-refractivity contribution is 6.02. The molecule has 1 aromatic rings. The number of nitrogens with two attached hydrogens (primary N) is 1. The number of hydrogen-bond acceptors (Lipinski definition) is 5. The van der Waals surface area contributed by atoms with Gasteiger partial charge in [0.2, 0.25) is 0 Å². The van der Waals surface area contributed by atoms with Gasteiger partial charge in [-0.05, 0) is 19.4 Å². The van der Waals surface area contributed by atoms with Crippen LogP contribution in [0.15, 0.2) is 11.1 Å². The molecule has 1 aromatic heterocycles. The second kappa shape index (κ2) is 8.12. The summed E-state index contributed by atoms with van der Waals surface area (Å²) >= 11 is 0. The number of alkyl halides is 6. The summed E-state index contributed by atoms with van der Waals surface area (Å²) in [5.74, 6) is -2.82. The Labute approximate surface area is 154 Å². The Morgan fingerprint density at radius 1 is 1.25 bits per heavy atom. The molecule has 0 bridgehead atoms. The lowest BCUT2D eigenvalue weighted by Crippen LogP contribution is -2.51. The first-order valence-electron chi connectivity index (χ1n) is 7.63. The van der Waals surface area contributed by atoms with Gasteiger partial charge in [0.25, 0.3) is 11.8 Å². The minimum absolute atomic E-state index is 0.224. The maximum absolute atomic E-state index is 13.1. The number of nitrogens with one attached hydrogen (secondary N) is 1. The number of nitrogen functional groups attached to an aromatic ring is 1. The Morgan fingerprint density at radius 2 is 1.82 bits per heavy atom. The van der Waals surface area contributed by atoms with Crippen molar-refractivity contribution in [1.82, 2.24) is 10.3 Å². The van der Waals surface area contributed by atoms with Crippen LogP contribution >= 0.6 is 0 Å². The van der Waals surface area contributed by atoms with Gasteiger partial charge in [0.1, 0.15) is 5.69 Å². The van der Waals surface area contributed by atoms with E-state index >= 15 is 0 Å². The molecule has 28 heavy (non-hydrogen) atoms. The SMILES string of the molecule is CCC=NC(=O)c1nc(C(=O)NCC(C)(O)C(F)(F)F)c(N)cc1C(F)(F)F. The zero-order valence-electron chi connectivity index (χ0n) is 14.6. The standard InChI is InChI=1S/C15H16F6N4O3/c1-3-4-23-11(26)9-7(14(16,17)18)5-8(22)10(25-9)12(27)24-6-13(2,28)15(19,20)21/h4-5,28H,3,6,22H2,1-2H3,(H,24,27). The molecule has 0 aliphatic rings. The van der Waals surface area contributed by atoms with Gasteiger partial charge < -0.3 is 16.2 Å². The van der Waals surface area contributed by atoms with Crippen molar-refractivity contribution < 1.29 is 41.0 Å². The van der Waals surface area contributed by atoms with Crippen molar-refractivity contribution in [2.24, 2.45) is 4.99 Å². The van der Waals surface area contributed by atoms with Gasteiger partial charge in [-0.1, -0.05) is 6.92 Å². The highest BCUT2D eigenvalue weighted by Gasteiger charge is 2.50. The monoisotopic (exact) mass is 414 g/mol. The lowest BCUT2D eigenvalue weighted by Gasteiger charge is -2.26.